The highest BCUT2D eigenvalue weighted by Gasteiger charge is 2.30. The smallest absolute Gasteiger partial charge is 0.399 e. The van der Waals surface area contributed by atoms with Gasteiger partial charge in [0.1, 0.15) is 0 Å². The maximum atomic E-state index is 11.9. The summed E-state index contributed by atoms with van der Waals surface area (Å²) >= 11 is 0. The van der Waals surface area contributed by atoms with Crippen LogP contribution in [0.2, 0.25) is 0 Å². The van der Waals surface area contributed by atoms with Crippen LogP contribution in [-0.4, -0.2) is 42.5 Å². The second kappa shape index (κ2) is 7.79. The fraction of sp³-hybridized carbons (Fsp3) is 0.467. The van der Waals surface area contributed by atoms with Gasteiger partial charge in [-0.25, -0.2) is 0 Å². The normalized spacial score (nSPS) is 15.9. The Morgan fingerprint density at radius 1 is 1.24 bits per heavy atom. The highest BCUT2D eigenvalue weighted by Crippen LogP contribution is 2.29. The number of alkyl halides is 3. The van der Waals surface area contributed by atoms with Gasteiger partial charge in [0, 0.05) is 37.9 Å². The second-order valence-corrected chi connectivity index (χ2v) is 4.67. The van der Waals surface area contributed by atoms with Gasteiger partial charge in [-0.05, 0) is 24.7 Å². The van der Waals surface area contributed by atoms with E-state index >= 15 is 0 Å². The summed E-state index contributed by atoms with van der Waals surface area (Å²) in [5, 5.41) is 0. The molecule has 0 aromatic heterocycles. The summed E-state index contributed by atoms with van der Waals surface area (Å²) in [7, 11) is 0. The third-order valence-corrected chi connectivity index (χ3v) is 3.22. The lowest BCUT2D eigenvalue weighted by atomic mass is 10.2. The first-order chi connectivity index (χ1) is 9.86. The number of benzene rings is 1. The predicted molar refractivity (Wildman–Crippen MR) is 78.4 cm³/mol. The summed E-state index contributed by atoms with van der Waals surface area (Å²) in [6, 6.07) is 7.23. The fourth-order valence-electron chi connectivity index (χ4n) is 1.91. The fourth-order valence-corrected chi connectivity index (χ4v) is 1.91. The molecule has 1 aromatic carbocycles. The van der Waals surface area contributed by atoms with Gasteiger partial charge in [-0.1, -0.05) is 19.4 Å². The number of anilines is 1. The van der Waals surface area contributed by atoms with E-state index in [0.29, 0.717) is 0 Å². The molecule has 0 atom stereocenters. The van der Waals surface area contributed by atoms with E-state index in [9.17, 15) is 13.2 Å². The number of rotatable bonds is 1. The molecule has 1 fully saturated rings. The van der Waals surface area contributed by atoms with E-state index in [1.165, 1.54) is 12.1 Å². The molecule has 0 bridgehead atoms. The number of hydrogen-bond acceptors (Lipinski definition) is 3. The van der Waals surface area contributed by atoms with Crippen LogP contribution in [0.1, 0.15) is 12.5 Å². The predicted octanol–water partition coefficient (Wildman–Crippen LogP) is 2.50. The first kappa shape index (κ1) is 17.2. The van der Waals surface area contributed by atoms with Crippen LogP contribution < -0.4 is 5.73 Å². The Bertz CT molecular complexity index is 472. The summed E-state index contributed by atoms with van der Waals surface area (Å²) in [5.74, 6) is 0. The van der Waals surface area contributed by atoms with Gasteiger partial charge in [0.2, 0.25) is 0 Å². The van der Waals surface area contributed by atoms with Crippen molar-refractivity contribution in [3.63, 3.8) is 0 Å². The number of hydrogen-bond donors (Lipinski definition) is 1. The summed E-state index contributed by atoms with van der Waals surface area (Å²) in [5.41, 5.74) is 4.57. The van der Waals surface area contributed by atoms with Gasteiger partial charge >= 0.3 is 6.18 Å². The van der Waals surface area contributed by atoms with Crippen LogP contribution in [0.15, 0.2) is 24.3 Å². The highest BCUT2D eigenvalue weighted by molar-refractivity contribution is 5.41. The number of nitrogen functional groups attached to an aromatic ring is 1. The molecule has 0 spiro atoms. The first-order valence-corrected chi connectivity index (χ1v) is 6.73. The van der Waals surface area contributed by atoms with E-state index in [0.717, 1.165) is 44.9 Å². The Hall–Kier alpha value is -1.87. The number of nitrogens with two attached hydrogens (primary N) is 1. The van der Waals surface area contributed by atoms with Crippen molar-refractivity contribution in [2.24, 2.45) is 0 Å². The zero-order valence-electron chi connectivity index (χ0n) is 12.0. The lowest BCUT2D eigenvalue weighted by molar-refractivity contribution is -0.137. The third kappa shape index (κ3) is 5.96. The molecule has 0 amide bonds. The molecule has 2 rings (SSSR count). The molecule has 0 radical (unpaired) electrons. The van der Waals surface area contributed by atoms with Crippen molar-refractivity contribution in [2.75, 3.05) is 38.5 Å². The molecule has 1 heterocycles. The van der Waals surface area contributed by atoms with Crippen LogP contribution in [0, 0.1) is 12.5 Å². The number of nitrogens with zero attached hydrogens (tertiary/aromatic N) is 2. The van der Waals surface area contributed by atoms with Crippen molar-refractivity contribution in [1.82, 2.24) is 9.80 Å². The monoisotopic (exact) mass is 299 g/mol. The maximum Gasteiger partial charge on any atom is 0.416 e. The molecule has 1 aliphatic rings. The molecule has 116 valence electrons. The van der Waals surface area contributed by atoms with E-state index < -0.39 is 11.7 Å². The van der Waals surface area contributed by atoms with Crippen molar-refractivity contribution in [3.8, 4) is 12.5 Å². The van der Waals surface area contributed by atoms with Gasteiger partial charge in [-0.2, -0.15) is 13.2 Å². The summed E-state index contributed by atoms with van der Waals surface area (Å²) in [4.78, 5) is 4.44. The summed E-state index contributed by atoms with van der Waals surface area (Å²) in [6.07, 6.45) is 0.951. The average Bonchev–Trinajstić information content (AvgIpc) is 2.47. The van der Waals surface area contributed by atoms with E-state index in [1.54, 1.807) is 0 Å². The Morgan fingerprint density at radius 3 is 2.24 bits per heavy atom. The minimum absolute atomic E-state index is 0.125. The quantitative estimate of drug-likeness (QED) is 0.639. The van der Waals surface area contributed by atoms with E-state index in [1.807, 2.05) is 4.90 Å². The SMILES string of the molecule is C#CN1CCN(CC)CC1.Nc1cccc(C(F)(F)F)c1. The Labute approximate surface area is 123 Å². The zero-order chi connectivity index (χ0) is 15.9. The molecule has 21 heavy (non-hydrogen) atoms. The third-order valence-electron chi connectivity index (χ3n) is 3.22. The Kier molecular flexibility index (Phi) is 6.38. The largest absolute Gasteiger partial charge is 0.416 e. The van der Waals surface area contributed by atoms with Crippen LogP contribution in [0.25, 0.3) is 0 Å². The van der Waals surface area contributed by atoms with E-state index in [4.69, 9.17) is 12.2 Å². The molecule has 1 aliphatic heterocycles. The molecular weight excluding hydrogens is 279 g/mol. The first-order valence-electron chi connectivity index (χ1n) is 6.73. The van der Waals surface area contributed by atoms with Crippen molar-refractivity contribution in [3.05, 3.63) is 29.8 Å². The number of piperazine rings is 1. The Morgan fingerprint density at radius 2 is 1.86 bits per heavy atom. The molecule has 0 aliphatic carbocycles. The summed E-state index contributed by atoms with van der Waals surface area (Å²) in [6.45, 7) is 7.65. The van der Waals surface area contributed by atoms with Gasteiger partial charge < -0.3 is 15.5 Å². The number of terminal acetylenes is 1. The van der Waals surface area contributed by atoms with Crippen LogP contribution >= 0.6 is 0 Å². The standard InChI is InChI=1S/C8H14N2.C7H6F3N/c1-3-9-5-7-10(4-2)8-6-9;8-7(9,10)5-2-1-3-6(11)4-5/h1H,4-8H2,2H3;1-4H,11H2. The molecular formula is C15H20F3N3. The van der Waals surface area contributed by atoms with Gasteiger partial charge in [0.05, 0.1) is 5.56 Å². The minimum Gasteiger partial charge on any atom is -0.399 e. The zero-order valence-corrected chi connectivity index (χ0v) is 12.0. The van der Waals surface area contributed by atoms with Crippen molar-refractivity contribution < 1.29 is 13.2 Å². The minimum atomic E-state index is -4.30. The molecule has 1 aromatic rings. The van der Waals surface area contributed by atoms with Gasteiger partial charge in [0.15, 0.2) is 0 Å². The molecule has 6 heteroatoms. The number of likely N-dealkylation sites (N-methyl/N-ethyl adjacent to an activating group) is 1. The molecule has 0 saturated carbocycles. The molecule has 1 saturated heterocycles. The van der Waals surface area contributed by atoms with Crippen LogP contribution in [-0.2, 0) is 6.18 Å². The van der Waals surface area contributed by atoms with Crippen molar-refractivity contribution >= 4 is 5.69 Å². The van der Waals surface area contributed by atoms with Crippen LogP contribution in [0.4, 0.5) is 18.9 Å². The van der Waals surface area contributed by atoms with Gasteiger partial charge in [-0.15, -0.1) is 0 Å². The van der Waals surface area contributed by atoms with E-state index in [2.05, 4.69) is 17.9 Å². The molecule has 0 unspecified atom stereocenters. The van der Waals surface area contributed by atoms with Gasteiger partial charge in [0.25, 0.3) is 0 Å². The average molecular weight is 299 g/mol. The van der Waals surface area contributed by atoms with Crippen molar-refractivity contribution in [1.29, 1.82) is 0 Å². The van der Waals surface area contributed by atoms with Crippen LogP contribution in [0.3, 0.4) is 0 Å². The second-order valence-electron chi connectivity index (χ2n) is 4.67. The lowest BCUT2D eigenvalue weighted by Gasteiger charge is -2.31. The number of halogens is 3. The lowest BCUT2D eigenvalue weighted by Crippen LogP contribution is -2.43. The summed E-state index contributed by atoms with van der Waals surface area (Å²) < 4.78 is 35.7. The van der Waals surface area contributed by atoms with Crippen LogP contribution in [0.5, 0.6) is 0 Å². The van der Waals surface area contributed by atoms with Gasteiger partial charge in [-0.3, -0.25) is 0 Å². The topological polar surface area (TPSA) is 32.5 Å². The van der Waals surface area contributed by atoms with Crippen molar-refractivity contribution in [2.45, 2.75) is 13.1 Å². The molecule has 2 N–H and O–H groups in total. The molecule has 3 nitrogen and oxygen atoms in total. The highest BCUT2D eigenvalue weighted by atomic mass is 19.4. The van der Waals surface area contributed by atoms with E-state index in [-0.39, 0.29) is 5.69 Å². The maximum absolute atomic E-state index is 11.9. The Balaban J connectivity index is 0.000000211.